The monoisotopic (exact) mass is 458 g/mol. The number of carbonyl (C=O) groups excluding carboxylic acids is 2. The van der Waals surface area contributed by atoms with Gasteiger partial charge in [-0.05, 0) is 56.8 Å². The van der Waals surface area contributed by atoms with Crippen molar-refractivity contribution in [2.45, 2.75) is 27.7 Å². The molecule has 1 aliphatic heterocycles. The van der Waals surface area contributed by atoms with Gasteiger partial charge in [0.15, 0.2) is 0 Å². The third-order valence-corrected chi connectivity index (χ3v) is 5.86. The average Bonchev–Trinajstić information content (AvgIpc) is 3.14. The minimum Gasteiger partial charge on any atom is -0.358 e. The number of carbonyl (C=O) groups is 2. The maximum Gasteiger partial charge on any atom is 0.256 e. The molecule has 2 aromatic rings. The van der Waals surface area contributed by atoms with Gasteiger partial charge in [-0.15, -0.1) is 0 Å². The van der Waals surface area contributed by atoms with E-state index in [9.17, 15) is 9.59 Å². The van der Waals surface area contributed by atoms with Gasteiger partial charge in [0.25, 0.3) is 11.8 Å². The number of aromatic amines is 1. The summed E-state index contributed by atoms with van der Waals surface area (Å²) in [6.07, 6.45) is 1.82. The second kappa shape index (κ2) is 8.97. The third kappa shape index (κ3) is 4.46. The van der Waals surface area contributed by atoms with E-state index < -0.39 is 0 Å². The number of nitrogens with zero attached hydrogens (tertiary/aromatic N) is 1. The fourth-order valence-corrected chi connectivity index (χ4v) is 4.02. The number of nitrogens with one attached hydrogen (secondary N) is 3. The van der Waals surface area contributed by atoms with Gasteiger partial charge in [-0.1, -0.05) is 29.8 Å². The zero-order chi connectivity index (χ0) is 21.1. The number of aromatic nitrogens is 1. The minimum absolute atomic E-state index is 0.0907. The number of benzene rings is 1. The van der Waals surface area contributed by atoms with E-state index in [2.05, 4.69) is 50.3 Å². The number of hydrogen-bond acceptors (Lipinski definition) is 3. The summed E-state index contributed by atoms with van der Waals surface area (Å²) >= 11 is 3.46. The number of fused-ring (bicyclic) bond motifs is 1. The van der Waals surface area contributed by atoms with Crippen LogP contribution >= 0.6 is 15.9 Å². The molecule has 2 heterocycles. The number of H-pyrrole nitrogens is 1. The molecule has 0 aliphatic carbocycles. The van der Waals surface area contributed by atoms with E-state index >= 15 is 0 Å². The molecule has 0 atom stereocenters. The highest BCUT2D eigenvalue weighted by atomic mass is 79.9. The lowest BCUT2D eigenvalue weighted by atomic mass is 10.0. The van der Waals surface area contributed by atoms with Gasteiger partial charge in [-0.25, -0.2) is 0 Å². The summed E-state index contributed by atoms with van der Waals surface area (Å²) in [5.41, 5.74) is 5.27. The van der Waals surface area contributed by atoms with Crippen LogP contribution in [0.1, 0.15) is 46.7 Å². The second-order valence-corrected chi connectivity index (χ2v) is 8.06. The van der Waals surface area contributed by atoms with Crippen molar-refractivity contribution in [2.24, 2.45) is 0 Å². The molecular formula is C22H27BrN4O2. The van der Waals surface area contributed by atoms with Crippen LogP contribution in [-0.4, -0.2) is 47.9 Å². The van der Waals surface area contributed by atoms with Gasteiger partial charge in [0.1, 0.15) is 0 Å². The van der Waals surface area contributed by atoms with Crippen LogP contribution in [0.15, 0.2) is 22.7 Å². The summed E-state index contributed by atoms with van der Waals surface area (Å²) in [5, 5.41) is 5.89. The molecule has 6 nitrogen and oxygen atoms in total. The highest BCUT2D eigenvalue weighted by Crippen LogP contribution is 2.35. The average molecular weight is 459 g/mol. The van der Waals surface area contributed by atoms with Gasteiger partial charge >= 0.3 is 0 Å². The van der Waals surface area contributed by atoms with Crippen molar-refractivity contribution in [3.63, 3.8) is 0 Å². The minimum atomic E-state index is -0.144. The van der Waals surface area contributed by atoms with Crippen molar-refractivity contribution in [1.29, 1.82) is 0 Å². The predicted molar refractivity (Wildman–Crippen MR) is 121 cm³/mol. The van der Waals surface area contributed by atoms with Gasteiger partial charge in [0.05, 0.1) is 11.1 Å². The van der Waals surface area contributed by atoms with Crippen LogP contribution in [0.4, 0.5) is 5.69 Å². The first-order valence-corrected chi connectivity index (χ1v) is 10.7. The molecule has 154 valence electrons. The van der Waals surface area contributed by atoms with E-state index in [1.54, 1.807) is 0 Å². The van der Waals surface area contributed by atoms with Crippen LogP contribution in [0.5, 0.6) is 0 Å². The fourth-order valence-electron chi connectivity index (χ4n) is 3.66. The van der Waals surface area contributed by atoms with Crippen LogP contribution in [-0.2, 0) is 4.79 Å². The zero-order valence-electron chi connectivity index (χ0n) is 17.3. The van der Waals surface area contributed by atoms with Gasteiger partial charge in [0.2, 0.25) is 0 Å². The Kier molecular flexibility index (Phi) is 6.59. The standard InChI is InChI=1S/C22H27BrN4O2/c1-5-27(6-2)10-9-24-22(29)20-13(3)19(25-14(20)4)12-17-16-11-15(23)7-8-18(16)26-21(17)28/h7-8,11-12,25H,5-6,9-10H2,1-4H3,(H,24,29)(H,26,28). The van der Waals surface area contributed by atoms with Gasteiger partial charge in [-0.2, -0.15) is 0 Å². The van der Waals surface area contributed by atoms with E-state index in [1.165, 1.54) is 0 Å². The van der Waals surface area contributed by atoms with E-state index in [-0.39, 0.29) is 11.8 Å². The second-order valence-electron chi connectivity index (χ2n) is 7.15. The summed E-state index contributed by atoms with van der Waals surface area (Å²) in [6, 6.07) is 5.69. The number of aryl methyl sites for hydroxylation is 1. The first-order valence-electron chi connectivity index (χ1n) is 9.88. The lowest BCUT2D eigenvalue weighted by Crippen LogP contribution is -2.35. The van der Waals surface area contributed by atoms with Crippen LogP contribution in [0.25, 0.3) is 11.6 Å². The Hall–Kier alpha value is -2.38. The summed E-state index contributed by atoms with van der Waals surface area (Å²) < 4.78 is 0.909. The van der Waals surface area contributed by atoms with Gasteiger partial charge in [0, 0.05) is 40.2 Å². The fraction of sp³-hybridized carbons (Fsp3) is 0.364. The largest absolute Gasteiger partial charge is 0.358 e. The number of rotatable bonds is 7. The van der Waals surface area contributed by atoms with Crippen LogP contribution in [0, 0.1) is 13.8 Å². The highest BCUT2D eigenvalue weighted by Gasteiger charge is 2.25. The molecule has 0 radical (unpaired) electrons. The van der Waals surface area contributed by atoms with Crippen molar-refractivity contribution in [2.75, 3.05) is 31.5 Å². The van der Waals surface area contributed by atoms with Gasteiger partial charge in [-0.3, -0.25) is 9.59 Å². The van der Waals surface area contributed by atoms with Crippen molar-refractivity contribution in [3.05, 3.63) is 50.8 Å². The van der Waals surface area contributed by atoms with Crippen molar-refractivity contribution >= 4 is 45.1 Å². The Labute approximate surface area is 179 Å². The van der Waals surface area contributed by atoms with Crippen LogP contribution in [0.3, 0.4) is 0 Å². The van der Waals surface area contributed by atoms with Gasteiger partial charge < -0.3 is 20.5 Å². The lowest BCUT2D eigenvalue weighted by molar-refractivity contribution is -0.110. The maximum absolute atomic E-state index is 12.7. The maximum atomic E-state index is 12.7. The molecule has 0 bridgehead atoms. The summed E-state index contributed by atoms with van der Waals surface area (Å²) in [5.74, 6) is -0.234. The first-order chi connectivity index (χ1) is 13.8. The van der Waals surface area contributed by atoms with E-state index in [4.69, 9.17) is 0 Å². The van der Waals surface area contributed by atoms with E-state index in [0.29, 0.717) is 17.7 Å². The molecule has 0 unspecified atom stereocenters. The van der Waals surface area contributed by atoms with E-state index in [0.717, 1.165) is 52.3 Å². The predicted octanol–water partition coefficient (Wildman–Crippen LogP) is 3.96. The van der Waals surface area contributed by atoms with Crippen molar-refractivity contribution in [3.8, 4) is 0 Å². The first kappa shape index (κ1) is 21.3. The van der Waals surface area contributed by atoms with E-state index in [1.807, 2.05) is 38.1 Å². The number of anilines is 1. The molecule has 1 aliphatic rings. The highest BCUT2D eigenvalue weighted by molar-refractivity contribution is 9.10. The summed E-state index contributed by atoms with van der Waals surface area (Å²) in [4.78, 5) is 30.7. The Bertz CT molecular complexity index is 973. The molecule has 0 saturated carbocycles. The molecule has 0 spiro atoms. The topological polar surface area (TPSA) is 77.2 Å². The molecule has 29 heavy (non-hydrogen) atoms. The number of likely N-dealkylation sites (N-methyl/N-ethyl adjacent to an activating group) is 1. The SMILES string of the molecule is CCN(CC)CCNC(=O)c1c(C)[nH]c(C=C2C(=O)Nc3ccc(Br)cc32)c1C. The molecule has 1 aromatic heterocycles. The molecule has 3 rings (SSSR count). The summed E-state index contributed by atoms with van der Waals surface area (Å²) in [7, 11) is 0. The molecule has 0 saturated heterocycles. The molecule has 3 N–H and O–H groups in total. The van der Waals surface area contributed by atoms with Crippen molar-refractivity contribution in [1.82, 2.24) is 15.2 Å². The smallest absolute Gasteiger partial charge is 0.256 e. The Morgan fingerprint density at radius 2 is 1.97 bits per heavy atom. The molecule has 0 fully saturated rings. The molecular weight excluding hydrogens is 432 g/mol. The normalized spacial score (nSPS) is 14.4. The quantitative estimate of drug-likeness (QED) is 0.549. The van der Waals surface area contributed by atoms with Crippen LogP contribution < -0.4 is 10.6 Å². The molecule has 7 heteroatoms. The Morgan fingerprint density at radius 1 is 1.24 bits per heavy atom. The summed E-state index contributed by atoms with van der Waals surface area (Å²) in [6.45, 7) is 11.4. The third-order valence-electron chi connectivity index (χ3n) is 5.36. The molecule has 2 amide bonds. The lowest BCUT2D eigenvalue weighted by Gasteiger charge is -2.18. The molecule has 1 aromatic carbocycles. The number of halogens is 1. The zero-order valence-corrected chi connectivity index (χ0v) is 18.9. The Balaban J connectivity index is 1.83. The van der Waals surface area contributed by atoms with Crippen molar-refractivity contribution < 1.29 is 9.59 Å². The number of amides is 2. The Morgan fingerprint density at radius 3 is 2.66 bits per heavy atom. The van der Waals surface area contributed by atoms with Crippen LogP contribution in [0.2, 0.25) is 0 Å². The number of hydrogen-bond donors (Lipinski definition) is 3.